The van der Waals surface area contributed by atoms with Crippen molar-refractivity contribution in [3.63, 3.8) is 0 Å². The number of likely N-dealkylation sites (N-methyl/N-ethyl adjacent to an activating group) is 1. The molecule has 182 valence electrons. The fourth-order valence-electron chi connectivity index (χ4n) is 4.55. The second-order valence-corrected chi connectivity index (χ2v) is 8.69. The Hall–Kier alpha value is -3.33. The van der Waals surface area contributed by atoms with E-state index in [4.69, 9.17) is 14.6 Å². The molecule has 0 bridgehead atoms. The number of rotatable bonds is 4. The van der Waals surface area contributed by atoms with Gasteiger partial charge < -0.3 is 24.6 Å². The normalized spacial score (nSPS) is 18.6. The molecule has 2 aliphatic heterocycles. The van der Waals surface area contributed by atoms with Crippen molar-refractivity contribution in [2.75, 3.05) is 59.4 Å². The number of anilines is 1. The molecule has 0 unspecified atom stereocenters. The largest absolute Gasteiger partial charge is 0.493 e. The molecule has 0 saturated carbocycles. The number of urea groups is 1. The van der Waals surface area contributed by atoms with Crippen LogP contribution in [0.3, 0.4) is 0 Å². The Kier molecular flexibility index (Phi) is 6.92. The van der Waals surface area contributed by atoms with Gasteiger partial charge in [0.1, 0.15) is 11.5 Å². The SMILES string of the molecule is CNC(=O)N1N=C(c2ccc(N3CCN(C)CC3)cc2)c2c(c(F)cc(OC)c2OC)C[C@H]1C. The van der Waals surface area contributed by atoms with E-state index in [1.807, 2.05) is 31.2 Å². The van der Waals surface area contributed by atoms with E-state index in [2.05, 4.69) is 22.2 Å². The third-order valence-corrected chi connectivity index (χ3v) is 6.52. The monoisotopic (exact) mass is 469 g/mol. The summed E-state index contributed by atoms with van der Waals surface area (Å²) in [5.41, 5.74) is 3.28. The van der Waals surface area contributed by atoms with Crippen LogP contribution in [0, 0.1) is 5.82 Å². The molecule has 1 atom stereocenters. The van der Waals surface area contributed by atoms with Gasteiger partial charge in [-0.25, -0.2) is 14.2 Å². The van der Waals surface area contributed by atoms with Crippen LogP contribution in [0.4, 0.5) is 14.9 Å². The summed E-state index contributed by atoms with van der Waals surface area (Å²) in [4.78, 5) is 17.3. The zero-order chi connectivity index (χ0) is 24.4. The highest BCUT2D eigenvalue weighted by atomic mass is 19.1. The summed E-state index contributed by atoms with van der Waals surface area (Å²) in [6.07, 6.45) is 0.279. The number of methoxy groups -OCH3 is 2. The van der Waals surface area contributed by atoms with Gasteiger partial charge in [-0.2, -0.15) is 5.10 Å². The molecular weight excluding hydrogens is 437 g/mol. The Morgan fingerprint density at radius 3 is 2.38 bits per heavy atom. The minimum absolute atomic E-state index is 0.279. The van der Waals surface area contributed by atoms with E-state index in [0.717, 1.165) is 37.4 Å². The number of piperazine rings is 1. The average Bonchev–Trinajstić information content (AvgIpc) is 3.01. The highest BCUT2D eigenvalue weighted by Gasteiger charge is 2.32. The fourth-order valence-corrected chi connectivity index (χ4v) is 4.55. The lowest BCUT2D eigenvalue weighted by atomic mass is 9.92. The maximum absolute atomic E-state index is 15.3. The van der Waals surface area contributed by atoms with Gasteiger partial charge in [0.25, 0.3) is 0 Å². The summed E-state index contributed by atoms with van der Waals surface area (Å²) in [7, 11) is 6.68. The number of hydrazone groups is 1. The molecule has 1 N–H and O–H groups in total. The average molecular weight is 470 g/mol. The molecule has 4 rings (SSSR count). The maximum atomic E-state index is 15.3. The number of carbonyl (C=O) groups excluding carboxylic acids is 1. The van der Waals surface area contributed by atoms with Crippen molar-refractivity contribution in [1.82, 2.24) is 15.2 Å². The predicted octanol–water partition coefficient (Wildman–Crippen LogP) is 2.93. The molecule has 0 aromatic heterocycles. The highest BCUT2D eigenvalue weighted by Crippen LogP contribution is 2.39. The van der Waals surface area contributed by atoms with E-state index in [1.165, 1.54) is 25.3 Å². The number of hydrogen-bond donors (Lipinski definition) is 1. The van der Waals surface area contributed by atoms with E-state index in [1.54, 1.807) is 7.05 Å². The molecule has 2 heterocycles. The topological polar surface area (TPSA) is 69.6 Å². The molecule has 1 saturated heterocycles. The predicted molar refractivity (Wildman–Crippen MR) is 131 cm³/mol. The lowest BCUT2D eigenvalue weighted by molar-refractivity contribution is 0.184. The van der Waals surface area contributed by atoms with Crippen LogP contribution >= 0.6 is 0 Å². The Labute approximate surface area is 199 Å². The summed E-state index contributed by atoms with van der Waals surface area (Å²) in [5.74, 6) is 0.258. The zero-order valence-electron chi connectivity index (χ0n) is 20.4. The first kappa shape index (κ1) is 23.8. The molecule has 34 heavy (non-hydrogen) atoms. The van der Waals surface area contributed by atoms with Crippen molar-refractivity contribution < 1.29 is 18.7 Å². The molecule has 0 radical (unpaired) electrons. The smallest absolute Gasteiger partial charge is 0.337 e. The molecule has 0 aliphatic carbocycles. The van der Waals surface area contributed by atoms with Crippen molar-refractivity contribution in [2.45, 2.75) is 19.4 Å². The zero-order valence-corrected chi connectivity index (χ0v) is 20.4. The quantitative estimate of drug-likeness (QED) is 0.746. The van der Waals surface area contributed by atoms with Crippen LogP contribution in [-0.4, -0.2) is 82.2 Å². The van der Waals surface area contributed by atoms with Crippen molar-refractivity contribution in [2.24, 2.45) is 5.10 Å². The summed E-state index contributed by atoms with van der Waals surface area (Å²) < 4.78 is 26.4. The van der Waals surface area contributed by atoms with Crippen LogP contribution in [0.15, 0.2) is 35.4 Å². The van der Waals surface area contributed by atoms with Gasteiger partial charge in [0.2, 0.25) is 0 Å². The van der Waals surface area contributed by atoms with E-state index < -0.39 is 5.82 Å². The minimum Gasteiger partial charge on any atom is -0.493 e. The standard InChI is InChI=1S/C25H32FN5O3/c1-16-14-19-20(26)15-21(33-4)24(34-5)22(19)23(28-31(16)25(32)27-2)17-6-8-18(9-7-17)30-12-10-29(3)11-13-30/h6-9,15-16H,10-14H2,1-5H3,(H,27,32)/t16-/m1/s1. The number of ether oxygens (including phenoxy) is 2. The van der Waals surface area contributed by atoms with Crippen molar-refractivity contribution in [3.05, 3.63) is 52.8 Å². The number of fused-ring (bicyclic) bond motifs is 1. The fraction of sp³-hybridized carbons (Fsp3) is 0.440. The van der Waals surface area contributed by atoms with Crippen LogP contribution in [0.5, 0.6) is 11.5 Å². The lowest BCUT2D eigenvalue weighted by Crippen LogP contribution is -2.44. The van der Waals surface area contributed by atoms with Crippen molar-refractivity contribution in [3.8, 4) is 11.5 Å². The Balaban J connectivity index is 1.85. The molecule has 8 nitrogen and oxygen atoms in total. The lowest BCUT2D eigenvalue weighted by Gasteiger charge is -2.34. The van der Waals surface area contributed by atoms with Crippen LogP contribution < -0.4 is 19.7 Å². The first-order chi connectivity index (χ1) is 16.4. The molecule has 0 spiro atoms. The number of nitrogens with zero attached hydrogens (tertiary/aromatic N) is 4. The first-order valence-corrected chi connectivity index (χ1v) is 11.4. The molecule has 2 aliphatic rings. The molecule has 2 aromatic rings. The molecule has 9 heteroatoms. The van der Waals surface area contributed by atoms with Crippen LogP contribution in [0.25, 0.3) is 0 Å². The summed E-state index contributed by atoms with van der Waals surface area (Å²) in [6.45, 7) is 5.78. The van der Waals surface area contributed by atoms with E-state index in [-0.39, 0.29) is 24.2 Å². The second kappa shape index (κ2) is 9.89. The molecule has 1 fully saturated rings. The first-order valence-electron chi connectivity index (χ1n) is 11.4. The molecular formula is C25H32FN5O3. The van der Waals surface area contributed by atoms with Crippen LogP contribution in [0.2, 0.25) is 0 Å². The van der Waals surface area contributed by atoms with Gasteiger partial charge in [0.05, 0.1) is 25.8 Å². The van der Waals surface area contributed by atoms with Crippen LogP contribution in [0.1, 0.15) is 23.6 Å². The van der Waals surface area contributed by atoms with Gasteiger partial charge in [-0.1, -0.05) is 12.1 Å². The van der Waals surface area contributed by atoms with Crippen molar-refractivity contribution >= 4 is 17.4 Å². The second-order valence-electron chi connectivity index (χ2n) is 8.69. The summed E-state index contributed by atoms with van der Waals surface area (Å²) >= 11 is 0. The molecule has 2 amide bonds. The number of amides is 2. The number of halogens is 1. The number of benzene rings is 2. The van der Waals surface area contributed by atoms with E-state index >= 15 is 4.39 Å². The Morgan fingerprint density at radius 1 is 1.12 bits per heavy atom. The van der Waals surface area contributed by atoms with Gasteiger partial charge in [0, 0.05) is 56.1 Å². The van der Waals surface area contributed by atoms with Gasteiger partial charge >= 0.3 is 6.03 Å². The number of hydrogen-bond acceptors (Lipinski definition) is 6. The summed E-state index contributed by atoms with van der Waals surface area (Å²) in [6, 6.07) is 8.62. The highest BCUT2D eigenvalue weighted by molar-refractivity contribution is 6.16. The third-order valence-electron chi connectivity index (χ3n) is 6.52. The maximum Gasteiger partial charge on any atom is 0.337 e. The summed E-state index contributed by atoms with van der Waals surface area (Å²) in [5, 5.41) is 8.73. The third kappa shape index (κ3) is 4.40. The number of carbonyl (C=O) groups is 1. The van der Waals surface area contributed by atoms with E-state index in [0.29, 0.717) is 22.6 Å². The molecule has 2 aromatic carbocycles. The van der Waals surface area contributed by atoms with Crippen LogP contribution in [-0.2, 0) is 6.42 Å². The van der Waals surface area contributed by atoms with Gasteiger partial charge in [-0.05, 0) is 32.5 Å². The number of nitrogens with one attached hydrogen (secondary N) is 1. The minimum atomic E-state index is -0.417. The van der Waals surface area contributed by atoms with E-state index in [9.17, 15) is 4.79 Å². The van der Waals surface area contributed by atoms with Gasteiger partial charge in [0.15, 0.2) is 11.5 Å². The Morgan fingerprint density at radius 2 is 1.79 bits per heavy atom. The van der Waals surface area contributed by atoms with Gasteiger partial charge in [-0.3, -0.25) is 0 Å². The van der Waals surface area contributed by atoms with Crippen molar-refractivity contribution in [1.29, 1.82) is 0 Å². The van der Waals surface area contributed by atoms with Gasteiger partial charge in [-0.15, -0.1) is 0 Å². The Bertz CT molecular complexity index is 1080.